The molecule has 2 N–H and O–H groups in total. The quantitative estimate of drug-likeness (QED) is 0.297. The summed E-state index contributed by atoms with van der Waals surface area (Å²) in [4.78, 5) is 26.2. The molecular formula is C31H35N7O2. The Balaban J connectivity index is 1.22. The molecule has 1 saturated carbocycles. The first kappa shape index (κ1) is 26.0. The van der Waals surface area contributed by atoms with Gasteiger partial charge in [0, 0.05) is 37.3 Å². The van der Waals surface area contributed by atoms with Crippen LogP contribution in [0.3, 0.4) is 0 Å². The first-order chi connectivity index (χ1) is 19.6. The molecule has 2 aromatic carbocycles. The van der Waals surface area contributed by atoms with Crippen molar-refractivity contribution >= 4 is 22.8 Å². The van der Waals surface area contributed by atoms with Crippen molar-refractivity contribution in [3.8, 4) is 22.8 Å². The predicted molar refractivity (Wildman–Crippen MR) is 156 cm³/mol. The lowest BCUT2D eigenvalue weighted by atomic mass is 10.1. The van der Waals surface area contributed by atoms with Gasteiger partial charge in [-0.1, -0.05) is 31.2 Å². The number of benzene rings is 2. The third-order valence-corrected chi connectivity index (χ3v) is 7.75. The fourth-order valence-electron chi connectivity index (χ4n) is 5.48. The van der Waals surface area contributed by atoms with Crippen molar-refractivity contribution in [3.05, 3.63) is 73.1 Å². The molecule has 9 heteroatoms. The summed E-state index contributed by atoms with van der Waals surface area (Å²) < 4.78 is 7.89. The molecule has 1 unspecified atom stereocenters. The lowest BCUT2D eigenvalue weighted by Gasteiger charge is -2.32. The maximum atomic E-state index is 13.1. The maximum absolute atomic E-state index is 13.1. The molecule has 40 heavy (non-hydrogen) atoms. The van der Waals surface area contributed by atoms with E-state index in [2.05, 4.69) is 21.8 Å². The normalized spacial score (nSPS) is 17.6. The van der Waals surface area contributed by atoms with Gasteiger partial charge in [-0.15, -0.1) is 0 Å². The number of anilines is 1. The molecule has 6 rings (SSSR count). The molecule has 1 saturated heterocycles. The largest absolute Gasteiger partial charge is 0.457 e. The molecule has 1 amide bonds. The second-order valence-corrected chi connectivity index (χ2v) is 10.5. The Hall–Kier alpha value is -4.24. The lowest BCUT2D eigenvalue weighted by molar-refractivity contribution is -0.127. The second kappa shape index (κ2) is 11.5. The van der Waals surface area contributed by atoms with E-state index in [4.69, 9.17) is 15.6 Å². The Morgan fingerprint density at radius 1 is 1.07 bits per heavy atom. The van der Waals surface area contributed by atoms with Crippen molar-refractivity contribution < 1.29 is 9.53 Å². The number of fused-ring (bicyclic) bond motifs is 1. The third-order valence-electron chi connectivity index (χ3n) is 7.75. The number of carbonyl (C=O) groups excluding carboxylic acids is 1. The highest BCUT2D eigenvalue weighted by Gasteiger charge is 2.29. The van der Waals surface area contributed by atoms with Crippen LogP contribution in [0.25, 0.3) is 22.3 Å². The molecule has 3 heterocycles. The summed E-state index contributed by atoms with van der Waals surface area (Å²) in [5, 5.41) is 5.73. The van der Waals surface area contributed by atoms with E-state index in [0.29, 0.717) is 24.1 Å². The average molecular weight is 538 g/mol. The number of hydrogen-bond acceptors (Lipinski definition) is 7. The maximum Gasteiger partial charge on any atom is 0.246 e. The van der Waals surface area contributed by atoms with Crippen molar-refractivity contribution in [2.75, 3.05) is 31.9 Å². The van der Waals surface area contributed by atoms with Gasteiger partial charge in [-0.2, -0.15) is 5.10 Å². The Morgan fingerprint density at radius 3 is 2.60 bits per heavy atom. The smallest absolute Gasteiger partial charge is 0.246 e. The number of carbonyl (C=O) groups is 1. The van der Waals surface area contributed by atoms with E-state index < -0.39 is 0 Å². The van der Waals surface area contributed by atoms with Gasteiger partial charge in [-0.05, 0) is 68.6 Å². The summed E-state index contributed by atoms with van der Waals surface area (Å²) in [7, 11) is 0. The molecule has 1 aliphatic carbocycles. The molecular weight excluding hydrogens is 502 g/mol. The van der Waals surface area contributed by atoms with Crippen LogP contribution >= 0.6 is 0 Å². The third kappa shape index (κ3) is 5.56. The summed E-state index contributed by atoms with van der Waals surface area (Å²) >= 11 is 0. The fourth-order valence-corrected chi connectivity index (χ4v) is 5.48. The number of likely N-dealkylation sites (N-methyl/N-ethyl adjacent to an activating group) is 1. The van der Waals surface area contributed by atoms with Gasteiger partial charge in [0.25, 0.3) is 0 Å². The van der Waals surface area contributed by atoms with Crippen LogP contribution in [0.1, 0.15) is 38.6 Å². The molecule has 2 fully saturated rings. The number of aromatic nitrogens is 4. The van der Waals surface area contributed by atoms with Gasteiger partial charge in [0.15, 0.2) is 5.65 Å². The van der Waals surface area contributed by atoms with Crippen molar-refractivity contribution in [2.45, 2.75) is 44.7 Å². The number of ether oxygens (including phenoxy) is 1. The van der Waals surface area contributed by atoms with E-state index in [0.717, 1.165) is 60.6 Å². The topological polar surface area (TPSA) is 102 Å². The Morgan fingerprint density at radius 2 is 1.85 bits per heavy atom. The average Bonchev–Trinajstić information content (AvgIpc) is 3.76. The van der Waals surface area contributed by atoms with Crippen LogP contribution < -0.4 is 10.5 Å². The number of likely N-dealkylation sites (tertiary alicyclic amines) is 1. The minimum atomic E-state index is -0.00376. The summed E-state index contributed by atoms with van der Waals surface area (Å²) in [6.07, 6.45) is 9.56. The van der Waals surface area contributed by atoms with E-state index >= 15 is 0 Å². The molecule has 1 aliphatic heterocycles. The first-order valence-corrected chi connectivity index (χ1v) is 14.1. The lowest BCUT2D eigenvalue weighted by Crippen LogP contribution is -2.40. The van der Waals surface area contributed by atoms with Crippen LogP contribution in [0.15, 0.2) is 73.1 Å². The van der Waals surface area contributed by atoms with E-state index in [-0.39, 0.29) is 11.9 Å². The zero-order valence-corrected chi connectivity index (χ0v) is 22.8. The van der Waals surface area contributed by atoms with Gasteiger partial charge in [-0.3, -0.25) is 9.69 Å². The van der Waals surface area contributed by atoms with E-state index in [9.17, 15) is 4.79 Å². The second-order valence-electron chi connectivity index (χ2n) is 10.5. The van der Waals surface area contributed by atoms with E-state index in [1.165, 1.54) is 19.2 Å². The summed E-state index contributed by atoms with van der Waals surface area (Å²) in [6.45, 7) is 5.33. The Kier molecular flexibility index (Phi) is 7.46. The molecule has 0 spiro atoms. The van der Waals surface area contributed by atoms with Crippen LogP contribution in [0, 0.1) is 0 Å². The van der Waals surface area contributed by atoms with Gasteiger partial charge < -0.3 is 15.4 Å². The molecule has 1 atom stereocenters. The number of para-hydroxylation sites is 1. The first-order valence-electron chi connectivity index (χ1n) is 14.1. The van der Waals surface area contributed by atoms with Gasteiger partial charge >= 0.3 is 0 Å². The van der Waals surface area contributed by atoms with Crippen LogP contribution in [0.2, 0.25) is 0 Å². The molecule has 0 bridgehead atoms. The number of nitrogens with two attached hydrogens (primary N) is 1. The molecule has 4 aromatic rings. The van der Waals surface area contributed by atoms with Gasteiger partial charge in [0.05, 0.1) is 11.4 Å². The number of nitrogens with zero attached hydrogens (tertiary/aromatic N) is 6. The van der Waals surface area contributed by atoms with Crippen LogP contribution in [-0.4, -0.2) is 67.7 Å². The minimum Gasteiger partial charge on any atom is -0.457 e. The number of piperidine rings is 1. The van der Waals surface area contributed by atoms with Crippen LogP contribution in [-0.2, 0) is 4.79 Å². The van der Waals surface area contributed by atoms with Gasteiger partial charge in [0.1, 0.15) is 29.3 Å². The highest BCUT2D eigenvalue weighted by Crippen LogP contribution is 2.35. The number of amides is 1. The highest BCUT2D eigenvalue weighted by molar-refractivity contribution is 5.98. The standard InChI is InChI=1S/C31H35N7O2/c1-2-36(23-14-15-23)18-7-11-27(39)37-19-6-8-24(20-37)38-31-28(30(32)33-21-34-31)29(35-38)22-12-16-26(17-13-22)40-25-9-4-3-5-10-25/h3-5,7,9-13,16-17,21,23-24H,2,6,8,14-15,18-20H2,1H3,(H2,32,33,34). The SMILES string of the molecule is CCN(CC=CC(=O)N1CCCC(n2nc(-c3ccc(Oc4ccccc4)cc3)c3c(N)ncnc32)C1)C1CC1. The number of nitrogen functional groups attached to an aromatic ring is 1. The monoisotopic (exact) mass is 537 g/mol. The number of hydrogen-bond donors (Lipinski definition) is 1. The zero-order valence-electron chi connectivity index (χ0n) is 22.8. The number of rotatable bonds is 9. The zero-order chi connectivity index (χ0) is 27.5. The molecule has 0 radical (unpaired) electrons. The summed E-state index contributed by atoms with van der Waals surface area (Å²) in [6, 6.07) is 18.1. The molecule has 9 nitrogen and oxygen atoms in total. The molecule has 2 aromatic heterocycles. The summed E-state index contributed by atoms with van der Waals surface area (Å²) in [5.74, 6) is 1.95. The summed E-state index contributed by atoms with van der Waals surface area (Å²) in [5.41, 5.74) is 8.66. The predicted octanol–water partition coefficient (Wildman–Crippen LogP) is 5.07. The fraction of sp³-hybridized carbons (Fsp3) is 0.355. The molecule has 2 aliphatic rings. The van der Waals surface area contributed by atoms with Crippen molar-refractivity contribution in [3.63, 3.8) is 0 Å². The van der Waals surface area contributed by atoms with Crippen LogP contribution in [0.4, 0.5) is 5.82 Å². The van der Waals surface area contributed by atoms with Crippen molar-refractivity contribution in [1.29, 1.82) is 0 Å². The van der Waals surface area contributed by atoms with Gasteiger partial charge in [0.2, 0.25) is 5.91 Å². The van der Waals surface area contributed by atoms with E-state index in [1.54, 1.807) is 6.08 Å². The van der Waals surface area contributed by atoms with Crippen molar-refractivity contribution in [1.82, 2.24) is 29.5 Å². The Labute approximate surface area is 234 Å². The minimum absolute atomic E-state index is 0.00376. The van der Waals surface area contributed by atoms with Gasteiger partial charge in [-0.25, -0.2) is 14.6 Å². The van der Waals surface area contributed by atoms with E-state index in [1.807, 2.05) is 70.3 Å². The van der Waals surface area contributed by atoms with Crippen molar-refractivity contribution in [2.24, 2.45) is 0 Å². The Bertz CT molecular complexity index is 1500. The highest BCUT2D eigenvalue weighted by atomic mass is 16.5. The van der Waals surface area contributed by atoms with Crippen LogP contribution in [0.5, 0.6) is 11.5 Å². The molecule has 206 valence electrons.